The van der Waals surface area contributed by atoms with Gasteiger partial charge < -0.3 is 14.8 Å². The first-order chi connectivity index (χ1) is 5.76. The molecule has 5 heteroatoms. The molecule has 0 aromatic carbocycles. The van der Waals surface area contributed by atoms with Gasteiger partial charge in [0.25, 0.3) is 0 Å². The van der Waals surface area contributed by atoms with Gasteiger partial charge in [0.05, 0.1) is 13.2 Å². The van der Waals surface area contributed by atoms with Gasteiger partial charge in [0.1, 0.15) is 0 Å². The lowest BCUT2D eigenvalue weighted by Crippen LogP contribution is -2.40. The molecule has 1 atom stereocenters. The maximum atomic E-state index is 11.0. The Labute approximate surface area is 71.0 Å². The van der Waals surface area contributed by atoms with Crippen molar-refractivity contribution in [2.24, 2.45) is 0 Å². The van der Waals surface area contributed by atoms with Crippen molar-refractivity contribution >= 4 is 12.4 Å². The fraction of sp³-hybridized carbons (Fsp3) is 0.714. The Morgan fingerprint density at radius 1 is 1.67 bits per heavy atom. The molecular formula is C7H13NO4. The average Bonchev–Trinajstić information content (AvgIpc) is 2.04. The third-order valence-electron chi connectivity index (χ3n) is 1.17. The van der Waals surface area contributed by atoms with Crippen LogP contribution in [0, 0.1) is 0 Å². The summed E-state index contributed by atoms with van der Waals surface area (Å²) in [4.78, 5) is 21.0. The number of ether oxygens (including phenoxy) is 2. The van der Waals surface area contributed by atoms with Crippen LogP contribution in [-0.4, -0.2) is 38.7 Å². The molecule has 0 aromatic rings. The molecule has 0 aromatic heterocycles. The SMILES string of the molecule is CCOC(=O)[C@H](COC)NC=O. The first-order valence-electron chi connectivity index (χ1n) is 3.61. The molecule has 0 spiro atoms. The van der Waals surface area contributed by atoms with Crippen LogP contribution in [0.25, 0.3) is 0 Å². The molecule has 1 amide bonds. The van der Waals surface area contributed by atoms with Gasteiger partial charge in [-0.25, -0.2) is 4.79 Å². The molecule has 0 radical (unpaired) electrons. The normalized spacial score (nSPS) is 11.8. The lowest BCUT2D eigenvalue weighted by Gasteiger charge is -2.12. The molecule has 1 N–H and O–H groups in total. The summed E-state index contributed by atoms with van der Waals surface area (Å²) in [6.45, 7) is 2.11. The van der Waals surface area contributed by atoms with E-state index in [0.29, 0.717) is 13.0 Å². The predicted molar refractivity (Wildman–Crippen MR) is 41.5 cm³/mol. The second kappa shape index (κ2) is 6.60. The number of esters is 1. The van der Waals surface area contributed by atoms with Crippen LogP contribution in [0.5, 0.6) is 0 Å². The Morgan fingerprint density at radius 3 is 2.75 bits per heavy atom. The summed E-state index contributed by atoms with van der Waals surface area (Å²) in [6.07, 6.45) is 0.445. The minimum absolute atomic E-state index is 0.123. The van der Waals surface area contributed by atoms with Gasteiger partial charge >= 0.3 is 5.97 Å². The van der Waals surface area contributed by atoms with Crippen molar-refractivity contribution in [1.82, 2.24) is 5.32 Å². The highest BCUT2D eigenvalue weighted by molar-refractivity contribution is 5.78. The minimum atomic E-state index is -0.701. The van der Waals surface area contributed by atoms with E-state index < -0.39 is 12.0 Å². The molecule has 0 aliphatic rings. The number of hydrogen-bond acceptors (Lipinski definition) is 4. The molecular weight excluding hydrogens is 162 g/mol. The minimum Gasteiger partial charge on any atom is -0.464 e. The molecule has 0 bridgehead atoms. The van der Waals surface area contributed by atoms with Gasteiger partial charge in [-0.2, -0.15) is 0 Å². The zero-order chi connectivity index (χ0) is 9.40. The number of hydrogen-bond donors (Lipinski definition) is 1. The van der Waals surface area contributed by atoms with Crippen LogP contribution < -0.4 is 5.32 Å². The number of carbonyl (C=O) groups is 2. The van der Waals surface area contributed by atoms with Gasteiger partial charge in [0.15, 0.2) is 6.04 Å². The lowest BCUT2D eigenvalue weighted by atomic mass is 10.3. The highest BCUT2D eigenvalue weighted by atomic mass is 16.5. The van der Waals surface area contributed by atoms with Crippen LogP contribution >= 0.6 is 0 Å². The van der Waals surface area contributed by atoms with E-state index in [0.717, 1.165) is 0 Å². The van der Waals surface area contributed by atoms with Gasteiger partial charge in [0.2, 0.25) is 6.41 Å². The number of carbonyl (C=O) groups excluding carboxylic acids is 2. The number of rotatable bonds is 6. The Bertz CT molecular complexity index is 148. The van der Waals surface area contributed by atoms with Crippen LogP contribution in [-0.2, 0) is 19.1 Å². The molecule has 0 aliphatic carbocycles. The smallest absolute Gasteiger partial charge is 0.331 e. The number of amides is 1. The van der Waals surface area contributed by atoms with E-state index in [1.807, 2.05) is 0 Å². The quantitative estimate of drug-likeness (QED) is 0.428. The van der Waals surface area contributed by atoms with E-state index in [1.54, 1.807) is 6.92 Å². The number of nitrogens with one attached hydrogen (secondary N) is 1. The molecule has 0 unspecified atom stereocenters. The van der Waals surface area contributed by atoms with Crippen LogP contribution in [0.3, 0.4) is 0 Å². The highest BCUT2D eigenvalue weighted by Gasteiger charge is 2.17. The molecule has 0 fully saturated rings. The standard InChI is InChI=1S/C7H13NO4/c1-3-12-7(10)6(4-11-2)8-5-9/h5-6H,3-4H2,1-2H3,(H,8,9)/t6-/m0/s1. The zero-order valence-electron chi connectivity index (χ0n) is 7.20. The largest absolute Gasteiger partial charge is 0.464 e. The third kappa shape index (κ3) is 3.92. The third-order valence-corrected chi connectivity index (χ3v) is 1.17. The van der Waals surface area contributed by atoms with Crippen molar-refractivity contribution in [1.29, 1.82) is 0 Å². The van der Waals surface area contributed by atoms with E-state index >= 15 is 0 Å². The summed E-state index contributed by atoms with van der Waals surface area (Å²) < 4.78 is 9.37. The summed E-state index contributed by atoms with van der Waals surface area (Å²) in [5.74, 6) is -0.480. The summed E-state index contributed by atoms with van der Waals surface area (Å²) in [5, 5.41) is 2.29. The second-order valence-corrected chi connectivity index (χ2v) is 2.04. The van der Waals surface area contributed by atoms with Crippen molar-refractivity contribution in [3.63, 3.8) is 0 Å². The van der Waals surface area contributed by atoms with Crippen molar-refractivity contribution < 1.29 is 19.1 Å². The van der Waals surface area contributed by atoms with Crippen LogP contribution in [0.4, 0.5) is 0 Å². The van der Waals surface area contributed by atoms with Crippen molar-refractivity contribution in [2.45, 2.75) is 13.0 Å². The van der Waals surface area contributed by atoms with Crippen LogP contribution in [0.2, 0.25) is 0 Å². The summed E-state index contributed by atoms with van der Waals surface area (Å²) in [7, 11) is 1.44. The molecule has 12 heavy (non-hydrogen) atoms. The lowest BCUT2D eigenvalue weighted by molar-refractivity contribution is -0.147. The first kappa shape index (κ1) is 10.9. The Balaban J connectivity index is 3.89. The average molecular weight is 175 g/mol. The van der Waals surface area contributed by atoms with Gasteiger partial charge in [-0.05, 0) is 6.92 Å². The van der Waals surface area contributed by atoms with Crippen LogP contribution in [0.15, 0.2) is 0 Å². The van der Waals surface area contributed by atoms with Gasteiger partial charge in [0, 0.05) is 7.11 Å². The first-order valence-corrected chi connectivity index (χ1v) is 3.61. The molecule has 0 saturated heterocycles. The zero-order valence-corrected chi connectivity index (χ0v) is 7.20. The highest BCUT2D eigenvalue weighted by Crippen LogP contribution is 1.88. The summed E-state index contributed by atoms with van der Waals surface area (Å²) in [6, 6.07) is -0.701. The van der Waals surface area contributed by atoms with Gasteiger partial charge in [-0.1, -0.05) is 0 Å². The topological polar surface area (TPSA) is 64.6 Å². The predicted octanol–water partition coefficient (Wildman–Crippen LogP) is -0.690. The molecule has 0 heterocycles. The fourth-order valence-electron chi connectivity index (χ4n) is 0.676. The maximum Gasteiger partial charge on any atom is 0.331 e. The molecule has 0 saturated carbocycles. The van der Waals surface area contributed by atoms with E-state index in [9.17, 15) is 9.59 Å². The Kier molecular flexibility index (Phi) is 6.00. The molecule has 70 valence electrons. The van der Waals surface area contributed by atoms with E-state index in [2.05, 4.69) is 10.1 Å². The van der Waals surface area contributed by atoms with E-state index in [-0.39, 0.29) is 6.61 Å². The van der Waals surface area contributed by atoms with E-state index in [1.165, 1.54) is 7.11 Å². The maximum absolute atomic E-state index is 11.0. The molecule has 0 rings (SSSR count). The Morgan fingerprint density at radius 2 is 2.33 bits per heavy atom. The summed E-state index contributed by atoms with van der Waals surface area (Å²) in [5.41, 5.74) is 0. The van der Waals surface area contributed by atoms with Crippen molar-refractivity contribution in [3.05, 3.63) is 0 Å². The summed E-state index contributed by atoms with van der Waals surface area (Å²) >= 11 is 0. The van der Waals surface area contributed by atoms with E-state index in [4.69, 9.17) is 4.74 Å². The van der Waals surface area contributed by atoms with Gasteiger partial charge in [-0.15, -0.1) is 0 Å². The molecule has 0 aliphatic heterocycles. The van der Waals surface area contributed by atoms with Crippen molar-refractivity contribution in [3.8, 4) is 0 Å². The van der Waals surface area contributed by atoms with Gasteiger partial charge in [-0.3, -0.25) is 4.79 Å². The van der Waals surface area contributed by atoms with Crippen LogP contribution in [0.1, 0.15) is 6.92 Å². The monoisotopic (exact) mass is 175 g/mol. The van der Waals surface area contributed by atoms with Crippen molar-refractivity contribution in [2.75, 3.05) is 20.3 Å². The number of methoxy groups -OCH3 is 1. The Hall–Kier alpha value is -1.10. The second-order valence-electron chi connectivity index (χ2n) is 2.04. The molecule has 5 nitrogen and oxygen atoms in total. The fourth-order valence-corrected chi connectivity index (χ4v) is 0.676.